The number of fused-ring (bicyclic) bond motifs is 4. The lowest BCUT2D eigenvalue weighted by Crippen LogP contribution is -2.00. The largest absolute Gasteiger partial charge is 0.253 e. The maximum Gasteiger partial charge on any atom is 0.164 e. The molecule has 7 heteroatoms. The van der Waals surface area contributed by atoms with Crippen molar-refractivity contribution in [3.63, 3.8) is 0 Å². The highest BCUT2D eigenvalue weighted by Gasteiger charge is 2.16. The zero-order valence-electron chi connectivity index (χ0n) is 34.9. The SMILES string of the molecule is c1ccc(-c2ccc(-c3nc(-c4ccc(-c5ccccc5)cc4)nc(-c4ccc(-c5ccc(-c6cccc(-c7cccc8nc9c(nc78)sc7cccnc79)c6)cc5)cc4)n3)cc2)cc1. The van der Waals surface area contributed by atoms with E-state index in [2.05, 4.69) is 193 Å². The third kappa shape index (κ3) is 7.40. The molecule has 0 fully saturated rings. The fraction of sp³-hybridized carbons (Fsp3) is 0. The van der Waals surface area contributed by atoms with Gasteiger partial charge in [0.25, 0.3) is 0 Å². The zero-order valence-corrected chi connectivity index (χ0v) is 35.7. The van der Waals surface area contributed by atoms with Gasteiger partial charge in [0, 0.05) is 28.5 Å². The highest BCUT2D eigenvalue weighted by atomic mass is 32.1. The van der Waals surface area contributed by atoms with Gasteiger partial charge in [-0.2, -0.15) is 0 Å². The molecule has 0 saturated carbocycles. The molecule has 0 aliphatic heterocycles. The Balaban J connectivity index is 0.838. The van der Waals surface area contributed by atoms with Crippen LogP contribution in [0.5, 0.6) is 0 Å². The Morgan fingerprint density at radius 2 is 0.708 bits per heavy atom. The highest BCUT2D eigenvalue weighted by molar-refractivity contribution is 7.25. The summed E-state index contributed by atoms with van der Waals surface area (Å²) >= 11 is 1.63. The molecule has 12 rings (SSSR count). The Kier molecular flexibility index (Phi) is 9.58. The zero-order chi connectivity index (χ0) is 43.1. The van der Waals surface area contributed by atoms with Gasteiger partial charge in [0.05, 0.1) is 15.7 Å². The molecule has 8 aromatic carbocycles. The van der Waals surface area contributed by atoms with Gasteiger partial charge in [0.15, 0.2) is 17.5 Å². The monoisotopic (exact) mass is 848 g/mol. The van der Waals surface area contributed by atoms with Crippen molar-refractivity contribution >= 4 is 42.9 Å². The van der Waals surface area contributed by atoms with Gasteiger partial charge in [-0.3, -0.25) is 4.98 Å². The van der Waals surface area contributed by atoms with E-state index in [0.717, 1.165) is 92.8 Å². The van der Waals surface area contributed by atoms with Gasteiger partial charge in [0.2, 0.25) is 0 Å². The Labute approximate surface area is 379 Å². The molecule has 0 aliphatic carbocycles. The van der Waals surface area contributed by atoms with Crippen LogP contribution in [0.25, 0.3) is 121 Å². The van der Waals surface area contributed by atoms with E-state index in [-0.39, 0.29) is 0 Å². The van der Waals surface area contributed by atoms with Crippen molar-refractivity contribution in [2.45, 2.75) is 0 Å². The number of hydrogen-bond acceptors (Lipinski definition) is 7. The molecular formula is C58H36N6S. The van der Waals surface area contributed by atoms with Crippen LogP contribution >= 0.6 is 11.3 Å². The second-order valence-electron chi connectivity index (χ2n) is 15.9. The first kappa shape index (κ1) is 38.2. The molecule has 0 spiro atoms. The lowest BCUT2D eigenvalue weighted by molar-refractivity contribution is 1.07. The van der Waals surface area contributed by atoms with E-state index in [1.165, 1.54) is 11.1 Å². The second kappa shape index (κ2) is 16.3. The summed E-state index contributed by atoms with van der Waals surface area (Å²) < 4.78 is 1.09. The molecule has 0 atom stereocenters. The minimum atomic E-state index is 0.619. The maximum atomic E-state index is 5.13. The van der Waals surface area contributed by atoms with E-state index in [1.54, 1.807) is 11.3 Å². The highest BCUT2D eigenvalue weighted by Crippen LogP contribution is 2.36. The van der Waals surface area contributed by atoms with E-state index < -0.39 is 0 Å². The Morgan fingerprint density at radius 1 is 0.277 bits per heavy atom. The van der Waals surface area contributed by atoms with Gasteiger partial charge in [-0.1, -0.05) is 188 Å². The molecule has 0 aliphatic rings. The average Bonchev–Trinajstić information content (AvgIpc) is 3.76. The summed E-state index contributed by atoms with van der Waals surface area (Å²) in [6.07, 6.45) is 1.81. The van der Waals surface area contributed by atoms with Crippen molar-refractivity contribution in [2.24, 2.45) is 0 Å². The lowest BCUT2D eigenvalue weighted by Gasteiger charge is -2.11. The van der Waals surface area contributed by atoms with E-state index in [9.17, 15) is 0 Å². The molecule has 4 aromatic heterocycles. The predicted octanol–water partition coefficient (Wildman–Crippen LogP) is 14.9. The first-order valence-electron chi connectivity index (χ1n) is 21.5. The summed E-state index contributed by atoms with van der Waals surface area (Å²) in [5.74, 6) is 1.87. The molecule has 304 valence electrons. The van der Waals surface area contributed by atoms with E-state index in [0.29, 0.717) is 17.5 Å². The van der Waals surface area contributed by atoms with Crippen LogP contribution in [0.1, 0.15) is 0 Å². The molecule has 0 amide bonds. The third-order valence-electron chi connectivity index (χ3n) is 11.9. The molecular weight excluding hydrogens is 813 g/mol. The van der Waals surface area contributed by atoms with Gasteiger partial charge in [-0.15, -0.1) is 11.3 Å². The molecule has 12 aromatic rings. The van der Waals surface area contributed by atoms with Crippen LogP contribution in [0.4, 0.5) is 0 Å². The number of thiophene rings is 1. The Morgan fingerprint density at radius 3 is 1.23 bits per heavy atom. The summed E-state index contributed by atoms with van der Waals surface area (Å²) in [5, 5.41) is 0. The van der Waals surface area contributed by atoms with Gasteiger partial charge >= 0.3 is 0 Å². The van der Waals surface area contributed by atoms with Crippen LogP contribution < -0.4 is 0 Å². The molecule has 4 heterocycles. The predicted molar refractivity (Wildman–Crippen MR) is 267 cm³/mol. The van der Waals surface area contributed by atoms with Crippen LogP contribution in [-0.4, -0.2) is 29.9 Å². The number of aromatic nitrogens is 6. The number of benzene rings is 8. The normalized spacial score (nSPS) is 11.4. The summed E-state index contributed by atoms with van der Waals surface area (Å²) in [5.41, 5.74) is 17.5. The average molecular weight is 849 g/mol. The van der Waals surface area contributed by atoms with E-state index in [1.807, 2.05) is 30.5 Å². The number of pyridine rings is 1. The van der Waals surface area contributed by atoms with Crippen molar-refractivity contribution < 1.29 is 0 Å². The standard InChI is InChI=1S/C58H36N6S/c1-3-10-37(11-4-1)39-23-29-44(30-24-39)55-62-56(45-31-25-40(26-32-45)38-12-5-2-6-13-38)64-57(63-55)46-33-27-42(28-34-46)41-19-21-43(22-20-41)47-14-7-15-48(36-47)49-16-8-17-50-52(49)61-58-54(60-50)53-51(65-58)18-9-35-59-53/h1-36H. The summed E-state index contributed by atoms with van der Waals surface area (Å²) in [6.45, 7) is 0. The van der Waals surface area contributed by atoms with Crippen molar-refractivity contribution in [2.75, 3.05) is 0 Å². The summed E-state index contributed by atoms with van der Waals surface area (Å²) in [7, 11) is 0. The van der Waals surface area contributed by atoms with Crippen LogP contribution in [0.2, 0.25) is 0 Å². The van der Waals surface area contributed by atoms with Crippen LogP contribution in [0.3, 0.4) is 0 Å². The molecule has 0 saturated heterocycles. The fourth-order valence-corrected chi connectivity index (χ4v) is 9.43. The second-order valence-corrected chi connectivity index (χ2v) is 17.0. The number of hydrogen-bond donors (Lipinski definition) is 0. The Bertz CT molecular complexity index is 3560. The number of nitrogens with zero attached hydrogens (tertiary/aromatic N) is 6. The smallest absolute Gasteiger partial charge is 0.164 e. The van der Waals surface area contributed by atoms with Gasteiger partial charge in [-0.25, -0.2) is 24.9 Å². The van der Waals surface area contributed by atoms with Crippen molar-refractivity contribution in [3.8, 4) is 89.8 Å². The maximum absolute atomic E-state index is 5.13. The topological polar surface area (TPSA) is 77.3 Å². The van der Waals surface area contributed by atoms with E-state index >= 15 is 0 Å². The fourth-order valence-electron chi connectivity index (χ4n) is 8.46. The first-order valence-corrected chi connectivity index (χ1v) is 22.3. The van der Waals surface area contributed by atoms with Crippen molar-refractivity contribution in [3.05, 3.63) is 219 Å². The Hall–Kier alpha value is -8.52. The van der Waals surface area contributed by atoms with Gasteiger partial charge in [-0.05, 0) is 74.3 Å². The van der Waals surface area contributed by atoms with Crippen LogP contribution in [0.15, 0.2) is 219 Å². The van der Waals surface area contributed by atoms with Gasteiger partial charge in [0.1, 0.15) is 15.9 Å². The third-order valence-corrected chi connectivity index (χ3v) is 12.9. The molecule has 6 nitrogen and oxygen atoms in total. The van der Waals surface area contributed by atoms with Crippen molar-refractivity contribution in [1.29, 1.82) is 0 Å². The quantitative estimate of drug-likeness (QED) is 0.152. The van der Waals surface area contributed by atoms with Crippen LogP contribution in [0, 0.1) is 0 Å². The molecule has 0 bridgehead atoms. The molecule has 0 unspecified atom stereocenters. The molecule has 65 heavy (non-hydrogen) atoms. The number of rotatable bonds is 8. The lowest BCUT2D eigenvalue weighted by atomic mass is 9.96. The summed E-state index contributed by atoms with van der Waals surface area (Å²) in [6, 6.07) is 73.8. The first-order chi connectivity index (χ1) is 32.2. The van der Waals surface area contributed by atoms with Crippen molar-refractivity contribution in [1.82, 2.24) is 29.9 Å². The van der Waals surface area contributed by atoms with E-state index in [4.69, 9.17) is 24.9 Å². The van der Waals surface area contributed by atoms with Gasteiger partial charge < -0.3 is 0 Å². The summed E-state index contributed by atoms with van der Waals surface area (Å²) in [4.78, 5) is 30.8. The molecule has 0 radical (unpaired) electrons. The van der Waals surface area contributed by atoms with Crippen LogP contribution in [-0.2, 0) is 0 Å². The molecule has 0 N–H and O–H groups in total. The minimum absolute atomic E-state index is 0.619. The number of para-hydroxylation sites is 1. The minimum Gasteiger partial charge on any atom is -0.253 e.